The quantitative estimate of drug-likeness (QED) is 0.818. The molecule has 2 aliphatic carbocycles. The molecule has 2 rings (SSSR count). The van der Waals surface area contributed by atoms with Gasteiger partial charge in [-0.1, -0.05) is 32.1 Å². The summed E-state index contributed by atoms with van der Waals surface area (Å²) >= 11 is 0. The van der Waals surface area contributed by atoms with Crippen LogP contribution >= 0.6 is 0 Å². The normalized spacial score (nSPS) is 25.3. The molecule has 18 heavy (non-hydrogen) atoms. The molecule has 0 aromatic rings. The van der Waals surface area contributed by atoms with Crippen molar-refractivity contribution in [3.05, 3.63) is 0 Å². The third-order valence-corrected chi connectivity index (χ3v) is 3.93. The lowest BCUT2D eigenvalue weighted by molar-refractivity contribution is -0.0906. The third-order valence-electron chi connectivity index (χ3n) is 3.93. The van der Waals surface area contributed by atoms with E-state index in [9.17, 15) is 0 Å². The fourth-order valence-corrected chi connectivity index (χ4v) is 2.83. The smallest absolute Gasteiger partial charge is 0.0742 e. The molecule has 0 bridgehead atoms. The molecule has 2 saturated carbocycles. The number of ether oxygens (including phenoxy) is 1. The molecule has 0 aromatic heterocycles. The van der Waals surface area contributed by atoms with Crippen LogP contribution in [0.4, 0.5) is 0 Å². The molecule has 2 fully saturated rings. The maximum absolute atomic E-state index is 8.11. The summed E-state index contributed by atoms with van der Waals surface area (Å²) in [5.74, 6) is 0. The maximum atomic E-state index is 8.11. The van der Waals surface area contributed by atoms with Crippen molar-refractivity contribution in [2.45, 2.75) is 89.4 Å². The molecule has 0 heterocycles. The van der Waals surface area contributed by atoms with Crippen LogP contribution in [0.1, 0.15) is 71.6 Å². The highest BCUT2D eigenvalue weighted by molar-refractivity contribution is 4.83. The van der Waals surface area contributed by atoms with E-state index in [1.54, 1.807) is 0 Å². The minimum atomic E-state index is -0.560. The van der Waals surface area contributed by atoms with Crippen molar-refractivity contribution >= 4 is 0 Å². The van der Waals surface area contributed by atoms with Crippen LogP contribution in [0.2, 0.25) is 0 Å². The molecule has 2 N–H and O–H groups in total. The van der Waals surface area contributed by atoms with E-state index in [0.717, 1.165) is 0 Å². The molecule has 108 valence electrons. The fourth-order valence-electron chi connectivity index (χ4n) is 2.83. The summed E-state index contributed by atoms with van der Waals surface area (Å²) in [4.78, 5) is 0. The zero-order valence-electron chi connectivity index (χ0n) is 12.0. The first kappa shape index (κ1) is 15.9. The summed E-state index contributed by atoms with van der Waals surface area (Å²) < 4.78 is 6.24. The topological polar surface area (TPSA) is 49.7 Å². The van der Waals surface area contributed by atoms with Crippen molar-refractivity contribution in [1.29, 1.82) is 0 Å². The van der Waals surface area contributed by atoms with Gasteiger partial charge in [-0.15, -0.1) is 0 Å². The van der Waals surface area contributed by atoms with E-state index in [0.29, 0.717) is 6.10 Å². The summed E-state index contributed by atoms with van der Waals surface area (Å²) in [5.41, 5.74) is 0.252. The van der Waals surface area contributed by atoms with E-state index < -0.39 is 6.10 Å². The Morgan fingerprint density at radius 3 is 2.06 bits per heavy atom. The van der Waals surface area contributed by atoms with Crippen molar-refractivity contribution in [3.8, 4) is 0 Å². The second-order valence-corrected chi connectivity index (χ2v) is 6.07. The Balaban J connectivity index is 0.000000280. The monoisotopic (exact) mass is 258 g/mol. The molecule has 2 aliphatic rings. The minimum absolute atomic E-state index is 0.139. The summed E-state index contributed by atoms with van der Waals surface area (Å²) in [6.07, 6.45) is 12.2. The lowest BCUT2D eigenvalue weighted by Crippen LogP contribution is -2.31. The number of rotatable bonds is 3. The molecule has 0 amide bonds. The zero-order valence-corrected chi connectivity index (χ0v) is 12.0. The standard InChI is InChI=1S/C12H22O.C3H8O2/c1-12(9-5-6-10-12)13-11-7-3-2-4-8-11;1-3(5)2-4/h11H,2-10H2,1H3;3-5H,2H2,1H3. The van der Waals surface area contributed by atoms with Gasteiger partial charge in [0, 0.05) is 0 Å². The van der Waals surface area contributed by atoms with E-state index in [-0.39, 0.29) is 12.2 Å². The Hall–Kier alpha value is -0.120. The summed E-state index contributed by atoms with van der Waals surface area (Å²) in [6.45, 7) is 3.70. The van der Waals surface area contributed by atoms with Gasteiger partial charge in [-0.05, 0) is 39.5 Å². The first-order valence-corrected chi connectivity index (χ1v) is 7.52. The van der Waals surface area contributed by atoms with Crippen LogP contribution in [0, 0.1) is 0 Å². The van der Waals surface area contributed by atoms with E-state index in [4.69, 9.17) is 14.9 Å². The highest BCUT2D eigenvalue weighted by Gasteiger charge is 2.32. The summed E-state index contributed by atoms with van der Waals surface area (Å²) in [7, 11) is 0. The molecule has 0 aromatic carbocycles. The van der Waals surface area contributed by atoms with Crippen molar-refractivity contribution < 1.29 is 14.9 Å². The van der Waals surface area contributed by atoms with Crippen molar-refractivity contribution in [2.24, 2.45) is 0 Å². The molecule has 3 nitrogen and oxygen atoms in total. The van der Waals surface area contributed by atoms with Gasteiger partial charge in [0.05, 0.1) is 24.4 Å². The first-order valence-electron chi connectivity index (χ1n) is 7.52. The molecular weight excluding hydrogens is 228 g/mol. The average Bonchev–Trinajstić information content (AvgIpc) is 2.78. The molecule has 0 radical (unpaired) electrons. The van der Waals surface area contributed by atoms with Gasteiger partial charge in [-0.3, -0.25) is 0 Å². The predicted molar refractivity (Wildman–Crippen MR) is 73.6 cm³/mol. The van der Waals surface area contributed by atoms with Crippen LogP contribution in [-0.2, 0) is 4.74 Å². The van der Waals surface area contributed by atoms with Gasteiger partial charge in [0.25, 0.3) is 0 Å². The van der Waals surface area contributed by atoms with Crippen LogP contribution in [-0.4, -0.2) is 34.6 Å². The Morgan fingerprint density at radius 2 is 1.61 bits per heavy atom. The van der Waals surface area contributed by atoms with Crippen molar-refractivity contribution in [1.82, 2.24) is 0 Å². The highest BCUT2D eigenvalue weighted by Crippen LogP contribution is 2.36. The molecule has 0 aliphatic heterocycles. The van der Waals surface area contributed by atoms with E-state index >= 15 is 0 Å². The lowest BCUT2D eigenvalue weighted by Gasteiger charge is -2.32. The third kappa shape index (κ3) is 6.17. The number of hydrogen-bond acceptors (Lipinski definition) is 3. The molecule has 1 unspecified atom stereocenters. The van der Waals surface area contributed by atoms with Gasteiger partial charge >= 0.3 is 0 Å². The zero-order chi connectivity index (χ0) is 13.4. The van der Waals surface area contributed by atoms with Gasteiger partial charge < -0.3 is 14.9 Å². The van der Waals surface area contributed by atoms with Gasteiger partial charge in [-0.2, -0.15) is 0 Å². The Bertz CT molecular complexity index is 204. The summed E-state index contributed by atoms with van der Waals surface area (Å²) in [6, 6.07) is 0. The van der Waals surface area contributed by atoms with Gasteiger partial charge in [0.1, 0.15) is 0 Å². The van der Waals surface area contributed by atoms with E-state index in [2.05, 4.69) is 6.92 Å². The van der Waals surface area contributed by atoms with Crippen LogP contribution in [0.3, 0.4) is 0 Å². The lowest BCUT2D eigenvalue weighted by atomic mass is 9.96. The predicted octanol–water partition coefficient (Wildman–Crippen LogP) is 3.03. The van der Waals surface area contributed by atoms with Crippen LogP contribution in [0.5, 0.6) is 0 Å². The average molecular weight is 258 g/mol. The van der Waals surface area contributed by atoms with E-state index in [1.165, 1.54) is 64.7 Å². The number of aliphatic hydroxyl groups excluding tert-OH is 2. The van der Waals surface area contributed by atoms with Crippen LogP contribution < -0.4 is 0 Å². The molecule has 0 spiro atoms. The molecular formula is C15H30O3. The fraction of sp³-hybridized carbons (Fsp3) is 1.00. The second-order valence-electron chi connectivity index (χ2n) is 6.07. The first-order chi connectivity index (χ1) is 8.56. The molecule has 3 heteroatoms. The van der Waals surface area contributed by atoms with Crippen LogP contribution in [0.25, 0.3) is 0 Å². The van der Waals surface area contributed by atoms with Crippen LogP contribution in [0.15, 0.2) is 0 Å². The van der Waals surface area contributed by atoms with Gasteiger partial charge in [0.2, 0.25) is 0 Å². The largest absolute Gasteiger partial charge is 0.394 e. The SMILES string of the molecule is CC(O)CO.CC1(OC2CCCCC2)CCCC1. The molecule has 0 saturated heterocycles. The Labute approximate surface area is 112 Å². The maximum Gasteiger partial charge on any atom is 0.0742 e. The summed E-state index contributed by atoms with van der Waals surface area (Å²) in [5, 5.41) is 16.0. The minimum Gasteiger partial charge on any atom is -0.394 e. The Morgan fingerprint density at radius 1 is 1.11 bits per heavy atom. The number of hydrogen-bond donors (Lipinski definition) is 2. The molecule has 1 atom stereocenters. The van der Waals surface area contributed by atoms with E-state index in [1.807, 2.05) is 0 Å². The van der Waals surface area contributed by atoms with Crippen molar-refractivity contribution in [2.75, 3.05) is 6.61 Å². The van der Waals surface area contributed by atoms with Gasteiger partial charge in [-0.25, -0.2) is 0 Å². The number of aliphatic hydroxyl groups is 2. The van der Waals surface area contributed by atoms with Gasteiger partial charge in [0.15, 0.2) is 0 Å². The van der Waals surface area contributed by atoms with Crippen molar-refractivity contribution in [3.63, 3.8) is 0 Å². The highest BCUT2D eigenvalue weighted by atomic mass is 16.5. The second kappa shape index (κ2) is 8.13. The Kier molecular flexibility index (Phi) is 7.20.